The minimum Gasteiger partial charge on any atom is -0.432 e. The number of aliphatic hydroxyl groups excluding tert-OH is 18. The Morgan fingerprint density at radius 3 is 1.71 bits per heavy atom. The van der Waals surface area contributed by atoms with E-state index in [9.17, 15) is 91.9 Å². The molecule has 38 unspecified atom stereocenters. The molecule has 0 aromatic carbocycles. The zero-order valence-electron chi connectivity index (χ0n) is 54.2. The molecule has 540 valence electrons. The van der Waals surface area contributed by atoms with E-state index in [2.05, 4.69) is 33.8 Å². The Bertz CT molecular complexity index is 2660. The van der Waals surface area contributed by atoms with Crippen LogP contribution < -0.4 is 0 Å². The van der Waals surface area contributed by atoms with Crippen LogP contribution in [0.1, 0.15) is 107 Å². The van der Waals surface area contributed by atoms with Gasteiger partial charge in [-0.15, -0.1) is 0 Å². The maximum absolute atomic E-state index is 15.5. The summed E-state index contributed by atoms with van der Waals surface area (Å²) in [5.74, 6) is -2.01. The Kier molecular flexibility index (Phi) is 21.1. The van der Waals surface area contributed by atoms with E-state index in [1.165, 1.54) is 13.8 Å². The van der Waals surface area contributed by atoms with E-state index in [-0.39, 0.29) is 24.2 Å². The van der Waals surface area contributed by atoms with Crippen molar-refractivity contribution in [2.75, 3.05) is 33.0 Å². The molecule has 0 bridgehead atoms. The molecule has 38 atom stereocenters. The van der Waals surface area contributed by atoms with Gasteiger partial charge in [0.1, 0.15) is 110 Å². The van der Waals surface area contributed by atoms with E-state index in [0.717, 1.165) is 5.57 Å². The number of carbonyl (C=O) groups excluding carboxylic acids is 1. The predicted octanol–water partition coefficient (Wildman–Crippen LogP) is -5.50. The minimum atomic E-state index is -2.03. The summed E-state index contributed by atoms with van der Waals surface area (Å²) >= 11 is 0. The molecule has 0 spiro atoms. The van der Waals surface area contributed by atoms with E-state index in [0.29, 0.717) is 38.5 Å². The average molecular weight is 1360 g/mol. The van der Waals surface area contributed by atoms with Crippen molar-refractivity contribution in [2.45, 2.75) is 291 Å². The minimum absolute atomic E-state index is 0.0866. The van der Waals surface area contributed by atoms with Crippen molar-refractivity contribution in [3.8, 4) is 0 Å². The maximum Gasteiger partial charge on any atom is 0.315 e. The summed E-state index contributed by atoms with van der Waals surface area (Å²) in [5, 5.41) is 199. The molecule has 18 N–H and O–H groups in total. The van der Waals surface area contributed by atoms with Crippen molar-refractivity contribution in [1.29, 1.82) is 0 Å². The third-order valence-electron chi connectivity index (χ3n) is 24.4. The van der Waals surface area contributed by atoms with Crippen LogP contribution in [0.2, 0.25) is 0 Å². The summed E-state index contributed by atoms with van der Waals surface area (Å²) in [7, 11) is 0. The fourth-order valence-corrected chi connectivity index (χ4v) is 18.8. The van der Waals surface area contributed by atoms with Crippen LogP contribution in [0, 0.1) is 50.2 Å². The Hall–Kier alpha value is -1.95. The number of fused-ring (bicyclic) bond motifs is 7. The van der Waals surface area contributed by atoms with Gasteiger partial charge in [-0.3, -0.25) is 4.79 Å². The number of allylic oxidation sites excluding steroid dienone is 2. The van der Waals surface area contributed by atoms with Crippen LogP contribution in [-0.4, -0.2) is 315 Å². The van der Waals surface area contributed by atoms with Crippen LogP contribution in [0.3, 0.4) is 0 Å². The van der Waals surface area contributed by atoms with Gasteiger partial charge >= 0.3 is 5.97 Å². The fourth-order valence-electron chi connectivity index (χ4n) is 18.8. The van der Waals surface area contributed by atoms with Gasteiger partial charge in [0.15, 0.2) is 37.6 Å². The summed E-state index contributed by atoms with van der Waals surface area (Å²) in [6.07, 6.45) is -43.4. The second-order valence-electron chi connectivity index (χ2n) is 30.7. The fraction of sp³-hybridized carbons (Fsp3) is 0.952. The van der Waals surface area contributed by atoms with Gasteiger partial charge in [-0.1, -0.05) is 53.2 Å². The molecule has 11 aliphatic rings. The van der Waals surface area contributed by atoms with E-state index in [4.69, 9.17) is 56.8 Å². The summed E-state index contributed by atoms with van der Waals surface area (Å²) in [6.45, 7) is 12.3. The van der Waals surface area contributed by atoms with Crippen LogP contribution >= 0.6 is 0 Å². The van der Waals surface area contributed by atoms with E-state index in [1.807, 2.05) is 6.92 Å². The molecular formula is C63H102O31. The Balaban J connectivity index is 0.794. The van der Waals surface area contributed by atoms with Crippen molar-refractivity contribution in [3.63, 3.8) is 0 Å². The third-order valence-corrected chi connectivity index (χ3v) is 24.4. The van der Waals surface area contributed by atoms with Crippen molar-refractivity contribution < 1.29 is 154 Å². The van der Waals surface area contributed by atoms with Crippen LogP contribution in [0.5, 0.6) is 0 Å². The first-order chi connectivity index (χ1) is 44.0. The quantitative estimate of drug-likeness (QED) is 0.0438. The van der Waals surface area contributed by atoms with Crippen LogP contribution in [0.15, 0.2) is 11.6 Å². The summed E-state index contributed by atoms with van der Waals surface area (Å²) in [6, 6.07) is 0. The molecule has 11 rings (SSSR count). The van der Waals surface area contributed by atoms with Crippen LogP contribution in [0.25, 0.3) is 0 Å². The van der Waals surface area contributed by atoms with Gasteiger partial charge in [0.25, 0.3) is 0 Å². The monoisotopic (exact) mass is 1350 g/mol. The highest BCUT2D eigenvalue weighted by Gasteiger charge is 2.74. The number of rotatable bonds is 14. The first kappa shape index (κ1) is 73.3. The van der Waals surface area contributed by atoms with E-state index in [1.54, 1.807) is 6.92 Å². The third kappa shape index (κ3) is 12.3. The van der Waals surface area contributed by atoms with Crippen molar-refractivity contribution >= 4 is 5.97 Å². The Labute approximate surface area is 543 Å². The summed E-state index contributed by atoms with van der Waals surface area (Å²) in [5.41, 5.74) is -4.02. The molecule has 0 aromatic rings. The molecule has 6 aliphatic heterocycles. The maximum atomic E-state index is 15.5. The highest BCUT2D eigenvalue weighted by Crippen LogP contribution is 2.76. The second-order valence-corrected chi connectivity index (χ2v) is 30.7. The molecule has 6 saturated heterocycles. The first-order valence-electron chi connectivity index (χ1n) is 33.1. The van der Waals surface area contributed by atoms with Crippen molar-refractivity contribution in [2.24, 2.45) is 50.2 Å². The molecule has 31 nitrogen and oxygen atoms in total. The molecular weight excluding hydrogens is 1250 g/mol. The SMILES string of the molecule is CC1OC(OC2C(OC3OCC(O)C(O)C3O)COC(OC3C(C)OC(OC4C(OC(=O)C56CCC(C)(C)CC5C5=CCC7C8(C)CC(O)C(OC9OC(CO)C(O)C(O)C9O)C(C)(CO)C8C(O)CC7(C)C5(C)CC6)OCC(O)C4O)C(O)C3O)C2O)C(O)C(O)C1O. The standard InChI is InChI=1S/C63H102O31/c1-23-34(70)38(74)42(78)53(86-23)91-47-32(89-51-41(77)35(71)29(68)19-83-51)21-85-52(45(47)81)90-46-24(2)87-54(44(80)40(46)76)92-48-36(72)30(69)20-84-56(48)94-57(82)63-13-11-58(3,4)15-26(63)25-9-10-33-59(5)16-28(67)50(93-55-43(79)39(75)37(73)31(18-64)88-55)60(6,22-65)49(59)27(66)17-62(33,8)61(25,7)12-14-63/h9,23-24,26-56,64-81H,10-22H2,1-8H3. The molecule has 0 radical (unpaired) electrons. The molecule has 4 saturated carbocycles. The van der Waals surface area contributed by atoms with Gasteiger partial charge in [-0.25, -0.2) is 0 Å². The summed E-state index contributed by atoms with van der Waals surface area (Å²) in [4.78, 5) is 15.5. The smallest absolute Gasteiger partial charge is 0.315 e. The van der Waals surface area contributed by atoms with Crippen LogP contribution in [-0.2, 0) is 61.6 Å². The van der Waals surface area contributed by atoms with Gasteiger partial charge in [-0.05, 0) is 98.7 Å². The lowest BCUT2D eigenvalue weighted by Crippen LogP contribution is -2.72. The lowest BCUT2D eigenvalue weighted by Gasteiger charge is -2.72. The zero-order valence-corrected chi connectivity index (χ0v) is 54.2. The summed E-state index contributed by atoms with van der Waals surface area (Å²) < 4.78 is 71.5. The zero-order chi connectivity index (χ0) is 68.6. The topological polar surface area (TPSA) is 492 Å². The van der Waals surface area contributed by atoms with E-state index >= 15 is 4.79 Å². The largest absolute Gasteiger partial charge is 0.432 e. The number of carbonyl (C=O) groups is 1. The van der Waals surface area contributed by atoms with Gasteiger partial charge in [0.2, 0.25) is 6.29 Å². The highest BCUT2D eigenvalue weighted by atomic mass is 16.8. The van der Waals surface area contributed by atoms with Gasteiger partial charge < -0.3 is 149 Å². The molecule has 0 amide bonds. The number of esters is 1. The van der Waals surface area contributed by atoms with Crippen LogP contribution in [0.4, 0.5) is 0 Å². The molecule has 94 heavy (non-hydrogen) atoms. The lowest BCUT2D eigenvalue weighted by molar-refractivity contribution is -0.386. The molecule has 10 fully saturated rings. The Morgan fingerprint density at radius 1 is 0.500 bits per heavy atom. The molecule has 6 heterocycles. The number of hydrogen-bond donors (Lipinski definition) is 18. The average Bonchev–Trinajstić information content (AvgIpc) is 0.670. The molecule has 5 aliphatic carbocycles. The molecule has 31 heteroatoms. The Morgan fingerprint density at radius 2 is 1.05 bits per heavy atom. The van der Waals surface area contributed by atoms with E-state index < -0.39 is 262 Å². The van der Waals surface area contributed by atoms with Crippen molar-refractivity contribution in [1.82, 2.24) is 0 Å². The van der Waals surface area contributed by atoms with Crippen molar-refractivity contribution in [3.05, 3.63) is 11.6 Å². The second kappa shape index (κ2) is 27.1. The first-order valence-corrected chi connectivity index (χ1v) is 33.1. The number of ether oxygens (including phenoxy) is 12. The molecule has 0 aromatic heterocycles. The predicted molar refractivity (Wildman–Crippen MR) is 311 cm³/mol. The lowest BCUT2D eigenvalue weighted by atomic mass is 9.33. The number of hydrogen-bond acceptors (Lipinski definition) is 31. The number of aliphatic hydroxyl groups is 18. The van der Waals surface area contributed by atoms with Gasteiger partial charge in [0, 0.05) is 11.3 Å². The normalized spacial score (nSPS) is 56.1. The van der Waals surface area contributed by atoms with Gasteiger partial charge in [0.05, 0.1) is 69.0 Å². The highest BCUT2D eigenvalue weighted by molar-refractivity contribution is 5.79. The van der Waals surface area contributed by atoms with Gasteiger partial charge in [-0.2, -0.15) is 0 Å².